The molecule has 0 saturated carbocycles. The molecule has 0 bridgehead atoms. The molecule has 9 aromatic carbocycles. The molecular formula is C52H26N4O2. The predicted molar refractivity (Wildman–Crippen MR) is 234 cm³/mol. The van der Waals surface area contributed by atoms with Gasteiger partial charge in [-0.3, -0.25) is 0 Å². The van der Waals surface area contributed by atoms with Crippen molar-refractivity contribution in [2.24, 2.45) is 0 Å². The highest BCUT2D eigenvalue weighted by atomic mass is 16.3. The zero-order valence-electron chi connectivity index (χ0n) is 30.6. The second kappa shape index (κ2) is 11.1. The Bertz CT molecular complexity index is 3710. The van der Waals surface area contributed by atoms with Crippen LogP contribution in [0.15, 0.2) is 167 Å². The minimum absolute atomic E-state index is 0.279. The van der Waals surface area contributed by atoms with Gasteiger partial charge in [0.2, 0.25) is 0 Å². The van der Waals surface area contributed by atoms with Crippen molar-refractivity contribution in [3.8, 4) is 23.5 Å². The van der Waals surface area contributed by atoms with E-state index < -0.39 is 0 Å². The molecule has 4 heterocycles. The van der Waals surface area contributed by atoms with Gasteiger partial charge in [-0.1, -0.05) is 84.9 Å². The maximum absolute atomic E-state index is 10.9. The van der Waals surface area contributed by atoms with E-state index in [1.165, 1.54) is 21.5 Å². The topological polar surface area (TPSA) is 83.7 Å². The summed E-state index contributed by atoms with van der Waals surface area (Å²) in [6.45, 7) is 0. The normalized spacial score (nSPS) is 12.1. The second-order valence-corrected chi connectivity index (χ2v) is 15.1. The molecule has 0 unspecified atom stereocenters. The van der Waals surface area contributed by atoms with Crippen molar-refractivity contribution in [1.82, 2.24) is 9.13 Å². The molecule has 0 spiro atoms. The van der Waals surface area contributed by atoms with Crippen LogP contribution in [0.2, 0.25) is 0 Å². The summed E-state index contributed by atoms with van der Waals surface area (Å²) in [5, 5.41) is 33.2. The van der Waals surface area contributed by atoms with Crippen molar-refractivity contribution in [2.75, 3.05) is 0 Å². The van der Waals surface area contributed by atoms with E-state index in [2.05, 4.69) is 167 Å². The van der Waals surface area contributed by atoms with Crippen molar-refractivity contribution in [3.63, 3.8) is 0 Å². The number of hydrogen-bond donors (Lipinski definition) is 0. The first kappa shape index (κ1) is 30.9. The molecule has 0 aliphatic rings. The molecule has 0 saturated heterocycles. The number of nitrogens with zero attached hydrogens (tertiary/aromatic N) is 4. The van der Waals surface area contributed by atoms with E-state index >= 15 is 0 Å². The first-order valence-electron chi connectivity index (χ1n) is 19.2. The van der Waals surface area contributed by atoms with Crippen LogP contribution in [0.3, 0.4) is 0 Å². The molecule has 0 aliphatic heterocycles. The standard InChI is InChI=1S/C52H26N4O2/c53-27-41-49-39-23-29-17-19-33(55-43-13-5-1-9-35(43)36-10-2-6-14-44(36)55)21-31(29)25-47(39)57-51(49)42(28-54)52-50(41)40-24-30-18-20-34(22-32(30)26-48(40)58-52)56-45-15-7-3-11-37(45)38-12-4-8-16-46(38)56/h1-26H. The minimum Gasteiger partial charge on any atom is -0.454 e. The molecule has 13 rings (SSSR count). The average molecular weight is 739 g/mol. The van der Waals surface area contributed by atoms with Gasteiger partial charge in [-0.15, -0.1) is 0 Å². The molecule has 58 heavy (non-hydrogen) atoms. The number of furan rings is 2. The monoisotopic (exact) mass is 738 g/mol. The summed E-state index contributed by atoms with van der Waals surface area (Å²) in [7, 11) is 0. The van der Waals surface area contributed by atoms with Crippen molar-refractivity contribution in [1.29, 1.82) is 10.5 Å². The summed E-state index contributed by atoms with van der Waals surface area (Å²) in [6, 6.07) is 59.8. The van der Waals surface area contributed by atoms with Gasteiger partial charge in [-0.2, -0.15) is 10.5 Å². The lowest BCUT2D eigenvalue weighted by atomic mass is 9.96. The number of benzene rings is 9. The van der Waals surface area contributed by atoms with Crippen molar-refractivity contribution in [2.45, 2.75) is 0 Å². The number of hydrogen-bond acceptors (Lipinski definition) is 4. The highest BCUT2D eigenvalue weighted by Gasteiger charge is 2.26. The molecule has 13 aromatic rings. The Morgan fingerprint density at radius 1 is 0.362 bits per heavy atom. The fourth-order valence-electron chi connectivity index (χ4n) is 9.62. The molecule has 0 atom stereocenters. The molecule has 0 N–H and O–H groups in total. The molecule has 0 fully saturated rings. The third-order valence-electron chi connectivity index (χ3n) is 12.1. The summed E-state index contributed by atoms with van der Waals surface area (Å²) in [5.74, 6) is 0. The number of para-hydroxylation sites is 4. The van der Waals surface area contributed by atoms with Gasteiger partial charge in [-0.05, 0) is 94.3 Å². The van der Waals surface area contributed by atoms with E-state index in [9.17, 15) is 10.5 Å². The van der Waals surface area contributed by atoms with Gasteiger partial charge in [0.1, 0.15) is 28.9 Å². The van der Waals surface area contributed by atoms with E-state index in [-0.39, 0.29) is 5.56 Å². The molecule has 0 amide bonds. The van der Waals surface area contributed by atoms with E-state index in [4.69, 9.17) is 8.83 Å². The smallest absolute Gasteiger partial charge is 0.158 e. The first-order chi connectivity index (χ1) is 28.7. The van der Waals surface area contributed by atoms with Crippen molar-refractivity contribution in [3.05, 3.63) is 169 Å². The minimum atomic E-state index is 0.279. The SMILES string of the molecule is N#Cc1c2oc3cc4cc(-n5c6ccccc6c6ccccc65)ccc4cc3c2c(C#N)c2c1oc1cc3cc(-n4c5ccccc5c5ccccc54)ccc3cc12. The summed E-state index contributed by atoms with van der Waals surface area (Å²) in [6.07, 6.45) is 0. The molecule has 0 aliphatic carbocycles. The quantitative estimate of drug-likeness (QED) is 0.177. The van der Waals surface area contributed by atoms with Crippen LogP contribution in [-0.2, 0) is 0 Å². The van der Waals surface area contributed by atoms with Crippen LogP contribution >= 0.6 is 0 Å². The highest BCUT2D eigenvalue weighted by molar-refractivity contribution is 6.24. The fraction of sp³-hybridized carbons (Fsp3) is 0. The zero-order valence-corrected chi connectivity index (χ0v) is 30.6. The number of aromatic nitrogens is 2. The predicted octanol–water partition coefficient (Wildman–Crippen LogP) is 13.7. The Morgan fingerprint density at radius 3 is 1.12 bits per heavy atom. The number of nitriles is 2. The Labute approximate surface area is 328 Å². The largest absolute Gasteiger partial charge is 0.454 e. The number of rotatable bonds is 2. The van der Waals surface area contributed by atoms with Gasteiger partial charge in [-0.25, -0.2) is 0 Å². The maximum Gasteiger partial charge on any atom is 0.158 e. The van der Waals surface area contributed by atoms with Gasteiger partial charge in [0.05, 0.1) is 27.6 Å². The fourth-order valence-corrected chi connectivity index (χ4v) is 9.62. The molecule has 0 radical (unpaired) electrons. The van der Waals surface area contributed by atoms with E-state index in [1.807, 2.05) is 12.1 Å². The molecular weight excluding hydrogens is 713 g/mol. The summed E-state index contributed by atoms with van der Waals surface area (Å²) in [4.78, 5) is 0. The maximum atomic E-state index is 10.9. The van der Waals surface area contributed by atoms with Crippen LogP contribution in [0, 0.1) is 22.7 Å². The lowest BCUT2D eigenvalue weighted by molar-refractivity contribution is 0.654. The van der Waals surface area contributed by atoms with Gasteiger partial charge in [0.25, 0.3) is 0 Å². The van der Waals surface area contributed by atoms with Gasteiger partial charge < -0.3 is 18.0 Å². The van der Waals surface area contributed by atoms with Gasteiger partial charge >= 0.3 is 0 Å². The third-order valence-corrected chi connectivity index (χ3v) is 12.1. The van der Waals surface area contributed by atoms with Crippen LogP contribution in [-0.4, -0.2) is 9.13 Å². The lowest BCUT2D eigenvalue weighted by Gasteiger charge is -2.09. The first-order valence-corrected chi connectivity index (χ1v) is 19.2. The molecule has 6 heteroatoms. The number of fused-ring (bicyclic) bond motifs is 14. The van der Waals surface area contributed by atoms with Crippen LogP contribution in [0.4, 0.5) is 0 Å². The molecule has 4 aromatic heterocycles. The average Bonchev–Trinajstić information content (AvgIpc) is 4.01. The molecule has 266 valence electrons. The third kappa shape index (κ3) is 3.97. The Kier molecular flexibility index (Phi) is 5.94. The van der Waals surface area contributed by atoms with E-state index in [1.54, 1.807) is 0 Å². The van der Waals surface area contributed by atoms with Crippen LogP contribution < -0.4 is 0 Å². The van der Waals surface area contributed by atoms with Crippen molar-refractivity contribution < 1.29 is 8.83 Å². The Hall–Kier alpha value is -8.32. The lowest BCUT2D eigenvalue weighted by Crippen LogP contribution is -1.93. The van der Waals surface area contributed by atoms with Crippen LogP contribution in [0.5, 0.6) is 0 Å². The van der Waals surface area contributed by atoms with E-state index in [0.29, 0.717) is 38.7 Å². The summed E-state index contributed by atoms with van der Waals surface area (Å²) >= 11 is 0. The molecule has 6 nitrogen and oxygen atoms in total. The Morgan fingerprint density at radius 2 is 0.741 bits per heavy atom. The van der Waals surface area contributed by atoms with Crippen molar-refractivity contribution >= 4 is 109 Å². The Balaban J connectivity index is 1.02. The zero-order chi connectivity index (χ0) is 38.2. The second-order valence-electron chi connectivity index (χ2n) is 15.1. The van der Waals surface area contributed by atoms with E-state index in [0.717, 1.165) is 65.8 Å². The van der Waals surface area contributed by atoms with Gasteiger partial charge in [0, 0.05) is 54.5 Å². The highest BCUT2D eigenvalue weighted by Crippen LogP contribution is 2.45. The summed E-state index contributed by atoms with van der Waals surface area (Å²) in [5.41, 5.74) is 9.26. The van der Waals surface area contributed by atoms with Crippen LogP contribution in [0.1, 0.15) is 11.1 Å². The summed E-state index contributed by atoms with van der Waals surface area (Å²) < 4.78 is 17.7. The van der Waals surface area contributed by atoms with Crippen LogP contribution in [0.25, 0.3) is 120 Å². The van der Waals surface area contributed by atoms with Gasteiger partial charge in [0.15, 0.2) is 11.2 Å².